The first-order valence-corrected chi connectivity index (χ1v) is 10.3. The summed E-state index contributed by atoms with van der Waals surface area (Å²) in [7, 11) is 0. The SMILES string of the molecule is CCC(=NNC(=O)C1CCN(Cc2ccc(Br)cc2)CC1)c1ccccc1. The van der Waals surface area contributed by atoms with E-state index in [4.69, 9.17) is 0 Å². The van der Waals surface area contributed by atoms with Crippen LogP contribution in [0.2, 0.25) is 0 Å². The van der Waals surface area contributed by atoms with E-state index in [2.05, 4.69) is 62.5 Å². The zero-order valence-corrected chi connectivity index (χ0v) is 17.3. The predicted molar refractivity (Wildman–Crippen MR) is 114 cm³/mol. The van der Waals surface area contributed by atoms with Crippen molar-refractivity contribution >= 4 is 27.5 Å². The number of hydrogen-bond acceptors (Lipinski definition) is 3. The van der Waals surface area contributed by atoms with E-state index in [-0.39, 0.29) is 11.8 Å². The Balaban J connectivity index is 1.49. The van der Waals surface area contributed by atoms with E-state index in [1.807, 2.05) is 30.3 Å². The summed E-state index contributed by atoms with van der Waals surface area (Å²) in [6.45, 7) is 4.88. The monoisotopic (exact) mass is 427 g/mol. The van der Waals surface area contributed by atoms with Crippen LogP contribution in [0.4, 0.5) is 0 Å². The molecule has 5 heteroatoms. The average Bonchev–Trinajstić information content (AvgIpc) is 2.71. The molecule has 1 amide bonds. The number of carbonyl (C=O) groups excluding carboxylic acids is 1. The highest BCUT2D eigenvalue weighted by molar-refractivity contribution is 9.10. The normalized spacial score (nSPS) is 16.3. The fraction of sp³-hybridized carbons (Fsp3) is 0.364. The van der Waals surface area contributed by atoms with Gasteiger partial charge in [0.2, 0.25) is 5.91 Å². The standard InChI is InChI=1S/C22H26BrN3O/c1-2-21(18-6-4-3-5-7-18)24-25-22(27)19-12-14-26(15-13-19)16-17-8-10-20(23)11-9-17/h3-11,19H,2,12-16H2,1H3,(H,25,27). The van der Waals surface area contributed by atoms with E-state index in [1.54, 1.807) is 0 Å². The minimum atomic E-state index is 0.0418. The largest absolute Gasteiger partial charge is 0.299 e. The molecule has 1 fully saturated rings. The van der Waals surface area contributed by atoms with Gasteiger partial charge in [-0.15, -0.1) is 0 Å². The van der Waals surface area contributed by atoms with Gasteiger partial charge in [-0.2, -0.15) is 5.10 Å². The molecule has 0 spiro atoms. The van der Waals surface area contributed by atoms with Crippen molar-refractivity contribution in [1.29, 1.82) is 0 Å². The summed E-state index contributed by atoms with van der Waals surface area (Å²) in [5, 5.41) is 4.38. The van der Waals surface area contributed by atoms with Crippen molar-refractivity contribution in [2.45, 2.75) is 32.7 Å². The van der Waals surface area contributed by atoms with E-state index >= 15 is 0 Å². The second-order valence-electron chi connectivity index (χ2n) is 6.93. The molecule has 0 aromatic heterocycles. The van der Waals surface area contributed by atoms with Gasteiger partial charge in [0.05, 0.1) is 5.71 Å². The fourth-order valence-corrected chi connectivity index (χ4v) is 3.66. The number of likely N-dealkylation sites (tertiary alicyclic amines) is 1. The van der Waals surface area contributed by atoms with Gasteiger partial charge in [0.25, 0.3) is 0 Å². The Labute approximate surface area is 169 Å². The number of hydrogen-bond donors (Lipinski definition) is 1. The van der Waals surface area contributed by atoms with Crippen LogP contribution in [0, 0.1) is 5.92 Å². The van der Waals surface area contributed by atoms with Gasteiger partial charge in [0.15, 0.2) is 0 Å². The molecular weight excluding hydrogens is 402 g/mol. The highest BCUT2D eigenvalue weighted by Gasteiger charge is 2.25. The van der Waals surface area contributed by atoms with Crippen LogP contribution in [0.25, 0.3) is 0 Å². The average molecular weight is 428 g/mol. The molecular formula is C22H26BrN3O. The number of hydrazone groups is 1. The van der Waals surface area contributed by atoms with Crippen LogP contribution in [0.15, 0.2) is 64.2 Å². The summed E-state index contributed by atoms with van der Waals surface area (Å²) in [5.74, 6) is 0.0870. The second-order valence-corrected chi connectivity index (χ2v) is 7.85. The summed E-state index contributed by atoms with van der Waals surface area (Å²) in [6.07, 6.45) is 2.55. The molecule has 1 N–H and O–H groups in total. The van der Waals surface area contributed by atoms with Crippen molar-refractivity contribution in [2.75, 3.05) is 13.1 Å². The quantitative estimate of drug-likeness (QED) is 0.540. The number of carbonyl (C=O) groups is 1. The number of piperidine rings is 1. The van der Waals surface area contributed by atoms with Gasteiger partial charge in [-0.25, -0.2) is 5.43 Å². The summed E-state index contributed by atoms with van der Waals surface area (Å²) in [5.41, 5.74) is 6.08. The molecule has 0 aliphatic carbocycles. The Morgan fingerprint density at radius 2 is 1.78 bits per heavy atom. The van der Waals surface area contributed by atoms with Crippen molar-refractivity contribution in [3.8, 4) is 0 Å². The molecule has 2 aromatic rings. The van der Waals surface area contributed by atoms with Crippen LogP contribution in [0.5, 0.6) is 0 Å². The van der Waals surface area contributed by atoms with Crippen molar-refractivity contribution in [1.82, 2.24) is 10.3 Å². The lowest BCUT2D eigenvalue weighted by Gasteiger charge is -2.31. The molecule has 0 unspecified atom stereocenters. The zero-order chi connectivity index (χ0) is 19.1. The maximum atomic E-state index is 12.5. The maximum absolute atomic E-state index is 12.5. The van der Waals surface area contributed by atoms with E-state index in [9.17, 15) is 4.79 Å². The molecule has 0 atom stereocenters. The van der Waals surface area contributed by atoms with Crippen LogP contribution < -0.4 is 5.43 Å². The van der Waals surface area contributed by atoms with Gasteiger partial charge < -0.3 is 0 Å². The lowest BCUT2D eigenvalue weighted by atomic mass is 9.96. The number of nitrogens with one attached hydrogen (secondary N) is 1. The molecule has 2 aromatic carbocycles. The van der Waals surface area contributed by atoms with Crippen LogP contribution >= 0.6 is 15.9 Å². The summed E-state index contributed by atoms with van der Waals surface area (Å²) in [4.78, 5) is 14.9. The second kappa shape index (κ2) is 9.81. The molecule has 1 saturated heterocycles. The molecule has 0 saturated carbocycles. The van der Waals surface area contributed by atoms with Gasteiger partial charge in [-0.3, -0.25) is 9.69 Å². The zero-order valence-electron chi connectivity index (χ0n) is 15.7. The number of rotatable bonds is 6. The maximum Gasteiger partial charge on any atom is 0.243 e. The fourth-order valence-electron chi connectivity index (χ4n) is 3.39. The number of nitrogens with zero attached hydrogens (tertiary/aromatic N) is 2. The molecule has 27 heavy (non-hydrogen) atoms. The van der Waals surface area contributed by atoms with E-state index in [1.165, 1.54) is 5.56 Å². The Kier molecular flexibility index (Phi) is 7.18. The van der Waals surface area contributed by atoms with Crippen LogP contribution in [-0.4, -0.2) is 29.6 Å². The topological polar surface area (TPSA) is 44.7 Å². The van der Waals surface area contributed by atoms with E-state index < -0.39 is 0 Å². The smallest absolute Gasteiger partial charge is 0.243 e. The number of halogens is 1. The third-order valence-corrected chi connectivity index (χ3v) is 5.55. The van der Waals surface area contributed by atoms with Crippen molar-refractivity contribution in [2.24, 2.45) is 11.0 Å². The van der Waals surface area contributed by atoms with Crippen molar-refractivity contribution in [3.05, 3.63) is 70.2 Å². The minimum absolute atomic E-state index is 0.0418. The molecule has 4 nitrogen and oxygen atoms in total. The first kappa shape index (κ1) is 19.8. The third kappa shape index (κ3) is 5.75. The van der Waals surface area contributed by atoms with Gasteiger partial charge in [0, 0.05) is 16.9 Å². The van der Waals surface area contributed by atoms with Crippen molar-refractivity contribution in [3.63, 3.8) is 0 Å². The molecule has 0 radical (unpaired) electrons. The predicted octanol–water partition coefficient (Wildman–Crippen LogP) is 4.59. The first-order valence-electron chi connectivity index (χ1n) is 9.54. The van der Waals surface area contributed by atoms with Crippen LogP contribution in [-0.2, 0) is 11.3 Å². The van der Waals surface area contributed by atoms with Gasteiger partial charge >= 0.3 is 0 Å². The van der Waals surface area contributed by atoms with Crippen molar-refractivity contribution < 1.29 is 4.79 Å². The molecule has 1 heterocycles. The molecule has 1 aliphatic rings. The van der Waals surface area contributed by atoms with Gasteiger partial charge in [-0.05, 0) is 55.6 Å². The molecule has 1 aliphatic heterocycles. The summed E-state index contributed by atoms with van der Waals surface area (Å²) in [6, 6.07) is 18.5. The Morgan fingerprint density at radius 3 is 2.41 bits per heavy atom. The molecule has 3 rings (SSSR count). The Hall–Kier alpha value is -1.98. The third-order valence-electron chi connectivity index (χ3n) is 5.02. The summed E-state index contributed by atoms with van der Waals surface area (Å²) < 4.78 is 1.10. The molecule has 142 valence electrons. The number of benzene rings is 2. The highest BCUT2D eigenvalue weighted by Crippen LogP contribution is 2.20. The van der Waals surface area contributed by atoms with Crippen LogP contribution in [0.1, 0.15) is 37.3 Å². The van der Waals surface area contributed by atoms with E-state index in [0.29, 0.717) is 0 Å². The first-order chi connectivity index (χ1) is 13.2. The van der Waals surface area contributed by atoms with E-state index in [0.717, 1.165) is 54.6 Å². The lowest BCUT2D eigenvalue weighted by molar-refractivity contribution is -0.126. The Morgan fingerprint density at radius 1 is 1.11 bits per heavy atom. The lowest BCUT2D eigenvalue weighted by Crippen LogP contribution is -2.39. The van der Waals surface area contributed by atoms with Gasteiger partial charge in [-0.1, -0.05) is 65.3 Å². The highest BCUT2D eigenvalue weighted by atomic mass is 79.9. The Bertz CT molecular complexity index is 766. The van der Waals surface area contributed by atoms with Crippen LogP contribution in [0.3, 0.4) is 0 Å². The molecule has 0 bridgehead atoms. The van der Waals surface area contributed by atoms with Gasteiger partial charge in [0.1, 0.15) is 0 Å². The minimum Gasteiger partial charge on any atom is -0.299 e. The number of amides is 1. The summed E-state index contributed by atoms with van der Waals surface area (Å²) >= 11 is 3.47.